The van der Waals surface area contributed by atoms with E-state index in [0.29, 0.717) is 16.8 Å². The van der Waals surface area contributed by atoms with Crippen molar-refractivity contribution in [2.75, 3.05) is 0 Å². The number of aryl methyl sites for hydroxylation is 1. The maximum absolute atomic E-state index is 14.5. The summed E-state index contributed by atoms with van der Waals surface area (Å²) in [5, 5.41) is 0. The van der Waals surface area contributed by atoms with Crippen LogP contribution in [-0.2, 0) is 12.5 Å². The number of hydrogen-bond donors (Lipinski definition) is 0. The number of hydrogen-bond acceptors (Lipinski definition) is 1. The molecule has 0 aliphatic carbocycles. The van der Waals surface area contributed by atoms with Crippen LogP contribution in [0.4, 0.5) is 8.78 Å². The highest BCUT2D eigenvalue weighted by atomic mass is 19.1. The quantitative estimate of drug-likeness (QED) is 0.594. The van der Waals surface area contributed by atoms with Gasteiger partial charge in [-0.15, -0.1) is 0 Å². The van der Waals surface area contributed by atoms with Crippen LogP contribution in [0.2, 0.25) is 0 Å². The molecule has 2 heterocycles. The van der Waals surface area contributed by atoms with Crippen LogP contribution < -0.4 is 4.57 Å². The van der Waals surface area contributed by atoms with Crippen molar-refractivity contribution >= 4 is 0 Å². The monoisotopic (exact) mass is 305 g/mol. The van der Waals surface area contributed by atoms with Crippen molar-refractivity contribution in [1.29, 1.82) is 0 Å². The minimum atomic E-state index is -0.759. The van der Waals surface area contributed by atoms with Crippen LogP contribution in [-0.4, -0.2) is 4.98 Å². The first-order valence-electron chi connectivity index (χ1n) is 7.74. The van der Waals surface area contributed by atoms with Gasteiger partial charge in [-0.05, 0) is 36.0 Å². The molecule has 2 nitrogen and oxygen atoms in total. The molecule has 0 amide bonds. The summed E-state index contributed by atoms with van der Waals surface area (Å²) < 4.78 is 30.1. The zero-order valence-electron chi connectivity index (χ0n) is 13.7. The smallest absolute Gasteiger partial charge is 0.201 e. The molecule has 0 aromatic carbocycles. The largest absolute Gasteiger partial charge is 0.229 e. The molecule has 2 aromatic rings. The van der Waals surface area contributed by atoms with E-state index >= 15 is 0 Å². The third kappa shape index (κ3) is 3.01. The molecular weight excluding hydrogens is 282 g/mol. The molecule has 0 bridgehead atoms. The highest BCUT2D eigenvalue weighted by molar-refractivity contribution is 5.62. The Bertz CT molecular complexity index is 670. The van der Waals surface area contributed by atoms with E-state index in [-0.39, 0.29) is 5.41 Å². The minimum Gasteiger partial charge on any atom is -0.201 e. The lowest BCUT2D eigenvalue weighted by Crippen LogP contribution is -2.32. The molecule has 0 saturated carbocycles. The molecule has 0 spiro atoms. The Kier molecular flexibility index (Phi) is 4.89. The molecule has 118 valence electrons. The molecule has 22 heavy (non-hydrogen) atoms. The highest BCUT2D eigenvalue weighted by Gasteiger charge is 2.32. The van der Waals surface area contributed by atoms with E-state index in [9.17, 15) is 8.78 Å². The maximum Gasteiger partial charge on any atom is 0.229 e. The molecule has 4 heteroatoms. The average molecular weight is 305 g/mol. The van der Waals surface area contributed by atoms with Gasteiger partial charge in [-0.25, -0.2) is 4.57 Å². The second-order valence-corrected chi connectivity index (χ2v) is 6.02. The molecule has 0 saturated heterocycles. The van der Waals surface area contributed by atoms with Gasteiger partial charge in [-0.3, -0.25) is 0 Å². The van der Waals surface area contributed by atoms with Gasteiger partial charge in [0.25, 0.3) is 0 Å². The molecular formula is C18H23F2N2+. The zero-order valence-corrected chi connectivity index (χ0v) is 13.7. The molecule has 0 fully saturated rings. The second-order valence-electron chi connectivity index (χ2n) is 6.02. The standard InChI is InChI=1S/C18H23F2N2/c1-5-10-18(3,6-2)13-12-15(19)21-17(20)16(13)14-9-7-8-11-22(14)4/h7-9,11-12H,5-6,10H2,1-4H3/q+1. The summed E-state index contributed by atoms with van der Waals surface area (Å²) in [7, 11) is 1.85. The van der Waals surface area contributed by atoms with E-state index in [4.69, 9.17) is 0 Å². The Balaban J connectivity index is 2.76. The van der Waals surface area contributed by atoms with E-state index in [1.807, 2.05) is 36.0 Å². The molecule has 1 atom stereocenters. The number of halogens is 2. The Morgan fingerprint density at radius 2 is 1.95 bits per heavy atom. The molecule has 0 aliphatic heterocycles. The number of nitrogens with zero attached hydrogens (tertiary/aromatic N) is 2. The van der Waals surface area contributed by atoms with Crippen molar-refractivity contribution in [3.8, 4) is 11.3 Å². The van der Waals surface area contributed by atoms with Crippen molar-refractivity contribution < 1.29 is 13.3 Å². The summed E-state index contributed by atoms with van der Waals surface area (Å²) in [4.78, 5) is 3.41. The lowest BCUT2D eigenvalue weighted by molar-refractivity contribution is -0.660. The average Bonchev–Trinajstić information content (AvgIpc) is 2.48. The van der Waals surface area contributed by atoms with E-state index in [1.54, 1.807) is 0 Å². The first kappa shape index (κ1) is 16.5. The Morgan fingerprint density at radius 3 is 2.55 bits per heavy atom. The summed E-state index contributed by atoms with van der Waals surface area (Å²) in [6.45, 7) is 6.21. The minimum absolute atomic E-state index is 0.280. The van der Waals surface area contributed by atoms with Crippen LogP contribution in [0.5, 0.6) is 0 Å². The summed E-state index contributed by atoms with van der Waals surface area (Å²) in [5.74, 6) is -1.50. The number of pyridine rings is 2. The van der Waals surface area contributed by atoms with Crippen molar-refractivity contribution in [2.45, 2.75) is 45.4 Å². The Morgan fingerprint density at radius 1 is 1.23 bits per heavy atom. The van der Waals surface area contributed by atoms with Gasteiger partial charge in [-0.1, -0.05) is 27.2 Å². The Labute approximate surface area is 130 Å². The molecule has 1 unspecified atom stereocenters. The van der Waals surface area contributed by atoms with Gasteiger partial charge >= 0.3 is 0 Å². The third-order valence-corrected chi connectivity index (χ3v) is 4.49. The highest BCUT2D eigenvalue weighted by Crippen LogP contribution is 2.39. The van der Waals surface area contributed by atoms with Gasteiger partial charge in [-0.2, -0.15) is 13.8 Å². The van der Waals surface area contributed by atoms with Gasteiger partial charge < -0.3 is 0 Å². The molecule has 2 aromatic heterocycles. The third-order valence-electron chi connectivity index (χ3n) is 4.49. The summed E-state index contributed by atoms with van der Waals surface area (Å²) in [6.07, 6.45) is 4.49. The molecule has 0 aliphatic rings. The van der Waals surface area contributed by atoms with E-state index in [1.165, 1.54) is 6.07 Å². The lowest BCUT2D eigenvalue weighted by Gasteiger charge is -2.30. The van der Waals surface area contributed by atoms with E-state index in [0.717, 1.165) is 19.3 Å². The molecule has 2 rings (SSSR count). The number of rotatable bonds is 5. The summed E-state index contributed by atoms with van der Waals surface area (Å²) in [5.41, 5.74) is 1.53. The Hall–Kier alpha value is -1.84. The normalized spacial score (nSPS) is 13.9. The van der Waals surface area contributed by atoms with Crippen LogP contribution in [0.25, 0.3) is 11.3 Å². The molecule has 0 radical (unpaired) electrons. The fourth-order valence-electron chi connectivity index (χ4n) is 3.04. The number of aromatic nitrogens is 2. The van der Waals surface area contributed by atoms with E-state index < -0.39 is 11.9 Å². The maximum atomic E-state index is 14.5. The predicted octanol–water partition coefficient (Wildman–Crippen LogP) is 4.32. The van der Waals surface area contributed by atoms with Crippen LogP contribution in [0, 0.1) is 11.9 Å². The summed E-state index contributed by atoms with van der Waals surface area (Å²) in [6, 6.07) is 6.96. The van der Waals surface area contributed by atoms with Gasteiger partial charge in [0, 0.05) is 12.1 Å². The van der Waals surface area contributed by atoms with Crippen molar-refractivity contribution in [3.63, 3.8) is 0 Å². The van der Waals surface area contributed by atoms with Gasteiger partial charge in [0.2, 0.25) is 17.6 Å². The van der Waals surface area contributed by atoms with Gasteiger partial charge in [0.1, 0.15) is 12.6 Å². The van der Waals surface area contributed by atoms with Crippen molar-refractivity contribution in [1.82, 2.24) is 4.98 Å². The van der Waals surface area contributed by atoms with Crippen LogP contribution in [0.3, 0.4) is 0 Å². The van der Waals surface area contributed by atoms with Gasteiger partial charge in [0.15, 0.2) is 6.20 Å². The van der Waals surface area contributed by atoms with E-state index in [2.05, 4.69) is 25.8 Å². The predicted molar refractivity (Wildman–Crippen MR) is 83.3 cm³/mol. The fourth-order valence-corrected chi connectivity index (χ4v) is 3.04. The molecule has 0 N–H and O–H groups in total. The van der Waals surface area contributed by atoms with Gasteiger partial charge in [0.05, 0.1) is 0 Å². The second kappa shape index (κ2) is 6.51. The zero-order chi connectivity index (χ0) is 16.3. The SMILES string of the molecule is CCCC(C)(CC)c1cc(F)nc(F)c1-c1cccc[n+]1C. The lowest BCUT2D eigenvalue weighted by atomic mass is 9.74. The van der Waals surface area contributed by atoms with Crippen LogP contribution in [0.1, 0.15) is 45.6 Å². The van der Waals surface area contributed by atoms with Crippen molar-refractivity contribution in [3.05, 3.63) is 47.9 Å². The topological polar surface area (TPSA) is 16.8 Å². The summed E-state index contributed by atoms with van der Waals surface area (Å²) >= 11 is 0. The van der Waals surface area contributed by atoms with Crippen LogP contribution in [0.15, 0.2) is 30.5 Å². The van der Waals surface area contributed by atoms with Crippen LogP contribution >= 0.6 is 0 Å². The first-order chi connectivity index (χ1) is 10.4. The first-order valence-corrected chi connectivity index (χ1v) is 7.74. The fraction of sp³-hybridized carbons (Fsp3) is 0.444. The van der Waals surface area contributed by atoms with Crippen molar-refractivity contribution in [2.24, 2.45) is 7.05 Å².